The molecule has 0 aliphatic rings. The molecule has 0 aromatic carbocycles. The highest BCUT2D eigenvalue weighted by molar-refractivity contribution is 5.64. The molecule has 2 atom stereocenters. The molecule has 4 heteroatoms. The number of rotatable bonds is 7. The van der Waals surface area contributed by atoms with Crippen molar-refractivity contribution in [2.24, 2.45) is 0 Å². The smallest absolute Gasteiger partial charge is 0.370 e. The molecule has 0 aliphatic heterocycles. The van der Waals surface area contributed by atoms with E-state index in [4.69, 9.17) is 5.11 Å². The van der Waals surface area contributed by atoms with Crippen LogP contribution in [0.1, 0.15) is 49.7 Å². The molecule has 0 spiro atoms. The Morgan fingerprint density at radius 3 is 2.36 bits per heavy atom. The third-order valence-electron chi connectivity index (χ3n) is 4.11. The van der Waals surface area contributed by atoms with Crippen LogP contribution >= 0.6 is 0 Å². The Bertz CT molecular complexity index is 596. The molecule has 2 aromatic heterocycles. The predicted octanol–water partition coefficient (Wildman–Crippen LogP) is 3.14. The van der Waals surface area contributed by atoms with Gasteiger partial charge in [0.1, 0.15) is 0 Å². The topological polar surface area (TPSA) is 54.1 Å². The highest BCUT2D eigenvalue weighted by Crippen LogP contribution is 2.31. The van der Waals surface area contributed by atoms with Gasteiger partial charge in [0.05, 0.1) is 0 Å². The van der Waals surface area contributed by atoms with Crippen molar-refractivity contribution in [3.05, 3.63) is 60.2 Å². The first-order valence-electron chi connectivity index (χ1n) is 7.70. The van der Waals surface area contributed by atoms with Crippen molar-refractivity contribution in [1.29, 1.82) is 0 Å². The first-order valence-corrected chi connectivity index (χ1v) is 7.70. The van der Waals surface area contributed by atoms with Crippen LogP contribution in [0, 0.1) is 0 Å². The van der Waals surface area contributed by atoms with Gasteiger partial charge in [0.15, 0.2) is 12.4 Å². The molecule has 0 amide bonds. The van der Waals surface area contributed by atoms with Gasteiger partial charge in [-0.25, -0.2) is 4.79 Å². The van der Waals surface area contributed by atoms with E-state index in [1.165, 1.54) is 11.1 Å². The number of aliphatic carboxylic acids is 1. The standard InChI is InChI=1S/C18H22N2O2/c1-3-15(17-4-8-19-9-5-17)12-14(2)16-6-10-20(11-7-16)13-18(21)22/h4-11,14-15H,3,12-13H2,1-2H3/p+1. The van der Waals surface area contributed by atoms with Crippen molar-refractivity contribution < 1.29 is 14.5 Å². The molecule has 2 heterocycles. The van der Waals surface area contributed by atoms with Gasteiger partial charge < -0.3 is 5.11 Å². The maximum atomic E-state index is 10.7. The van der Waals surface area contributed by atoms with Gasteiger partial charge >= 0.3 is 5.97 Å². The second kappa shape index (κ2) is 7.69. The Labute approximate surface area is 131 Å². The lowest BCUT2D eigenvalue weighted by Gasteiger charge is -2.20. The molecule has 4 nitrogen and oxygen atoms in total. The molecule has 0 aliphatic carbocycles. The molecular formula is C18H23N2O2+. The molecule has 0 bridgehead atoms. The SMILES string of the molecule is CCC(CC(C)c1cc[n+](CC(=O)O)cc1)c1ccncc1. The number of hydrogen-bond donors (Lipinski definition) is 1. The van der Waals surface area contributed by atoms with Crippen LogP contribution in [0.15, 0.2) is 49.1 Å². The maximum absolute atomic E-state index is 10.7. The zero-order valence-electron chi connectivity index (χ0n) is 13.1. The zero-order chi connectivity index (χ0) is 15.9. The summed E-state index contributed by atoms with van der Waals surface area (Å²) >= 11 is 0. The average molecular weight is 299 g/mol. The van der Waals surface area contributed by atoms with E-state index >= 15 is 0 Å². The van der Waals surface area contributed by atoms with E-state index in [-0.39, 0.29) is 6.54 Å². The summed E-state index contributed by atoms with van der Waals surface area (Å²) in [6, 6.07) is 8.22. The van der Waals surface area contributed by atoms with Crippen LogP contribution < -0.4 is 4.57 Å². The summed E-state index contributed by atoms with van der Waals surface area (Å²) in [5, 5.41) is 8.80. The average Bonchev–Trinajstić information content (AvgIpc) is 2.53. The number of hydrogen-bond acceptors (Lipinski definition) is 2. The fourth-order valence-corrected chi connectivity index (χ4v) is 2.80. The zero-order valence-corrected chi connectivity index (χ0v) is 13.1. The summed E-state index contributed by atoms with van der Waals surface area (Å²) in [7, 11) is 0. The van der Waals surface area contributed by atoms with E-state index in [0.717, 1.165) is 12.8 Å². The van der Waals surface area contributed by atoms with Crippen molar-refractivity contribution in [1.82, 2.24) is 4.98 Å². The summed E-state index contributed by atoms with van der Waals surface area (Å²) in [5.74, 6) is 0.122. The van der Waals surface area contributed by atoms with Crippen molar-refractivity contribution in [3.8, 4) is 0 Å². The number of carboxylic acids is 1. The van der Waals surface area contributed by atoms with Crippen LogP contribution in [-0.4, -0.2) is 16.1 Å². The quantitative estimate of drug-likeness (QED) is 0.799. The van der Waals surface area contributed by atoms with Crippen molar-refractivity contribution in [2.45, 2.75) is 45.1 Å². The summed E-state index contributed by atoms with van der Waals surface area (Å²) in [6.07, 6.45) is 9.55. The number of pyridine rings is 2. The Hall–Kier alpha value is -2.23. The molecular weight excluding hydrogens is 276 g/mol. The van der Waals surface area contributed by atoms with Crippen LogP contribution in [0.5, 0.6) is 0 Å². The molecule has 0 fully saturated rings. The summed E-state index contributed by atoms with van der Waals surface area (Å²) in [5.41, 5.74) is 2.58. The predicted molar refractivity (Wildman–Crippen MR) is 84.6 cm³/mol. The Balaban J connectivity index is 2.04. The van der Waals surface area contributed by atoms with Gasteiger partial charge in [0, 0.05) is 24.5 Å². The normalized spacial score (nSPS) is 13.5. The lowest BCUT2D eigenvalue weighted by Crippen LogP contribution is -2.37. The van der Waals surface area contributed by atoms with E-state index in [9.17, 15) is 4.79 Å². The van der Waals surface area contributed by atoms with Crippen LogP contribution in [0.3, 0.4) is 0 Å². The fourth-order valence-electron chi connectivity index (χ4n) is 2.80. The van der Waals surface area contributed by atoms with Gasteiger partial charge in [-0.05, 0) is 47.9 Å². The van der Waals surface area contributed by atoms with Crippen LogP contribution in [-0.2, 0) is 11.3 Å². The molecule has 0 radical (unpaired) electrons. The van der Waals surface area contributed by atoms with Crippen LogP contribution in [0.25, 0.3) is 0 Å². The molecule has 0 saturated heterocycles. The number of nitrogens with zero attached hydrogens (tertiary/aromatic N) is 2. The van der Waals surface area contributed by atoms with Crippen LogP contribution in [0.2, 0.25) is 0 Å². The first kappa shape index (κ1) is 16.1. The third kappa shape index (κ3) is 4.38. The van der Waals surface area contributed by atoms with Gasteiger partial charge in [-0.2, -0.15) is 4.57 Å². The van der Waals surface area contributed by atoms with Gasteiger partial charge in [-0.15, -0.1) is 0 Å². The molecule has 1 N–H and O–H groups in total. The minimum atomic E-state index is -0.825. The maximum Gasteiger partial charge on any atom is 0.370 e. The molecule has 2 aromatic rings. The van der Waals surface area contributed by atoms with Gasteiger partial charge in [-0.1, -0.05) is 13.8 Å². The largest absolute Gasteiger partial charge is 0.477 e. The number of aromatic nitrogens is 2. The van der Waals surface area contributed by atoms with E-state index in [1.54, 1.807) is 4.57 Å². The Morgan fingerprint density at radius 1 is 1.18 bits per heavy atom. The van der Waals surface area contributed by atoms with E-state index < -0.39 is 5.97 Å². The lowest BCUT2D eigenvalue weighted by atomic mass is 9.85. The Morgan fingerprint density at radius 2 is 1.82 bits per heavy atom. The summed E-state index contributed by atoms with van der Waals surface area (Å²) < 4.78 is 1.68. The second-order valence-electron chi connectivity index (χ2n) is 5.72. The van der Waals surface area contributed by atoms with Crippen molar-refractivity contribution in [3.63, 3.8) is 0 Å². The monoisotopic (exact) mass is 299 g/mol. The highest BCUT2D eigenvalue weighted by atomic mass is 16.4. The molecule has 2 rings (SSSR count). The molecule has 2 unspecified atom stereocenters. The molecule has 22 heavy (non-hydrogen) atoms. The minimum Gasteiger partial charge on any atom is -0.477 e. The van der Waals surface area contributed by atoms with Gasteiger partial charge in [0.25, 0.3) is 0 Å². The Kier molecular flexibility index (Phi) is 5.64. The van der Waals surface area contributed by atoms with Gasteiger partial charge in [0.2, 0.25) is 6.54 Å². The number of carbonyl (C=O) groups is 1. The van der Waals surface area contributed by atoms with E-state index in [1.807, 2.05) is 36.9 Å². The minimum absolute atomic E-state index is 0.00324. The molecule has 0 saturated carbocycles. The van der Waals surface area contributed by atoms with Crippen molar-refractivity contribution in [2.75, 3.05) is 0 Å². The summed E-state index contributed by atoms with van der Waals surface area (Å²) in [4.78, 5) is 14.8. The first-order chi connectivity index (χ1) is 10.6. The highest BCUT2D eigenvalue weighted by Gasteiger charge is 2.16. The van der Waals surface area contributed by atoms with Crippen molar-refractivity contribution >= 4 is 5.97 Å². The van der Waals surface area contributed by atoms with E-state index in [2.05, 4.69) is 31.0 Å². The van der Waals surface area contributed by atoms with Crippen LogP contribution in [0.4, 0.5) is 0 Å². The lowest BCUT2D eigenvalue weighted by molar-refractivity contribution is -0.685. The molecule has 116 valence electrons. The van der Waals surface area contributed by atoms with E-state index in [0.29, 0.717) is 11.8 Å². The fraction of sp³-hybridized carbons (Fsp3) is 0.389. The third-order valence-corrected chi connectivity index (χ3v) is 4.11. The second-order valence-corrected chi connectivity index (χ2v) is 5.72. The van der Waals surface area contributed by atoms with Gasteiger partial charge in [-0.3, -0.25) is 4.98 Å². The number of carboxylic acid groups (broad SMARTS) is 1. The summed E-state index contributed by atoms with van der Waals surface area (Å²) in [6.45, 7) is 4.44.